The number of aromatic nitrogens is 1. The molecular formula is C19H27N3OS. The predicted octanol–water partition coefficient (Wildman–Crippen LogP) is 3.99. The van der Waals surface area contributed by atoms with E-state index in [0.717, 1.165) is 36.5 Å². The zero-order chi connectivity index (χ0) is 16.9. The van der Waals surface area contributed by atoms with E-state index in [1.165, 1.54) is 17.5 Å². The fourth-order valence-corrected chi connectivity index (χ4v) is 4.37. The maximum absolute atomic E-state index is 12.3. The van der Waals surface area contributed by atoms with Gasteiger partial charge in [-0.25, -0.2) is 4.98 Å². The third-order valence-corrected chi connectivity index (χ3v) is 5.74. The molecule has 1 aliphatic rings. The Hall–Kier alpha value is -1.46. The van der Waals surface area contributed by atoms with Gasteiger partial charge >= 0.3 is 0 Å². The number of thiazole rings is 1. The summed E-state index contributed by atoms with van der Waals surface area (Å²) >= 11 is 1.77. The third-order valence-electron chi connectivity index (χ3n) is 4.60. The Labute approximate surface area is 148 Å². The molecule has 0 unspecified atom stereocenters. The van der Waals surface area contributed by atoms with E-state index >= 15 is 0 Å². The number of carbonyl (C=O) groups is 1. The minimum atomic E-state index is 0.142. The van der Waals surface area contributed by atoms with Gasteiger partial charge in [-0.05, 0) is 43.9 Å². The molecule has 1 fully saturated rings. The van der Waals surface area contributed by atoms with Gasteiger partial charge in [-0.3, -0.25) is 9.69 Å². The van der Waals surface area contributed by atoms with Crippen molar-refractivity contribution in [2.24, 2.45) is 5.92 Å². The maximum Gasteiger partial charge on any atom is 0.234 e. The molecule has 3 rings (SSSR count). The Bertz CT molecular complexity index is 649. The minimum absolute atomic E-state index is 0.142. The highest BCUT2D eigenvalue weighted by Crippen LogP contribution is 2.35. The summed E-state index contributed by atoms with van der Waals surface area (Å²) in [6.07, 6.45) is 4.51. The molecule has 2 heterocycles. The molecule has 0 bridgehead atoms. The van der Waals surface area contributed by atoms with Crippen molar-refractivity contribution in [3.05, 3.63) is 29.3 Å². The van der Waals surface area contributed by atoms with Crippen LogP contribution in [0.4, 0.5) is 0 Å². The summed E-state index contributed by atoms with van der Waals surface area (Å²) in [6, 6.07) is 8.58. The number of piperidine rings is 1. The van der Waals surface area contributed by atoms with E-state index in [1.54, 1.807) is 11.3 Å². The lowest BCUT2D eigenvalue weighted by molar-refractivity contribution is -0.123. The number of nitrogens with zero attached hydrogens (tertiary/aromatic N) is 2. The van der Waals surface area contributed by atoms with Crippen LogP contribution in [0.5, 0.6) is 0 Å². The van der Waals surface area contributed by atoms with Gasteiger partial charge in [-0.15, -0.1) is 11.3 Å². The fourth-order valence-electron chi connectivity index (χ4n) is 3.23. The number of fused-ring (bicyclic) bond motifs is 1. The van der Waals surface area contributed by atoms with Gasteiger partial charge in [0.15, 0.2) is 0 Å². The lowest BCUT2D eigenvalue weighted by Crippen LogP contribution is -2.42. The Kier molecular flexibility index (Phi) is 5.85. The molecule has 0 spiro atoms. The fraction of sp³-hybridized carbons (Fsp3) is 0.579. The Balaban J connectivity index is 1.65. The van der Waals surface area contributed by atoms with E-state index in [0.29, 0.717) is 12.5 Å². The largest absolute Gasteiger partial charge is 0.355 e. The second-order valence-corrected chi connectivity index (χ2v) is 8.10. The number of likely N-dealkylation sites (tertiary alicyclic amines) is 1. The van der Waals surface area contributed by atoms with Crippen molar-refractivity contribution in [1.29, 1.82) is 0 Å². The molecule has 1 N–H and O–H groups in total. The van der Waals surface area contributed by atoms with E-state index in [4.69, 9.17) is 4.98 Å². The Morgan fingerprint density at radius 1 is 1.38 bits per heavy atom. The van der Waals surface area contributed by atoms with Gasteiger partial charge in [0.05, 0.1) is 22.8 Å². The standard InChI is InChI=1S/C19H27N3OS/c1-14(2)10-11-20-18(23)13-22-12-6-5-8-16(22)19-21-15-7-3-4-9-17(15)24-19/h3-4,7,9,14,16H,5-6,8,10-13H2,1-2H3,(H,20,23)/t16-/m0/s1. The first-order valence-electron chi connectivity index (χ1n) is 8.99. The highest BCUT2D eigenvalue weighted by molar-refractivity contribution is 7.18. The van der Waals surface area contributed by atoms with Crippen LogP contribution in [0.1, 0.15) is 50.6 Å². The number of amides is 1. The molecular weight excluding hydrogens is 318 g/mol. The summed E-state index contributed by atoms with van der Waals surface area (Å²) in [5.41, 5.74) is 1.07. The Morgan fingerprint density at radius 2 is 2.21 bits per heavy atom. The van der Waals surface area contributed by atoms with Crippen LogP contribution >= 0.6 is 11.3 Å². The van der Waals surface area contributed by atoms with E-state index < -0.39 is 0 Å². The van der Waals surface area contributed by atoms with Gasteiger partial charge in [-0.1, -0.05) is 32.4 Å². The van der Waals surface area contributed by atoms with Crippen molar-refractivity contribution in [2.75, 3.05) is 19.6 Å². The number of carbonyl (C=O) groups excluding carboxylic acids is 1. The number of benzene rings is 1. The van der Waals surface area contributed by atoms with E-state index in [1.807, 2.05) is 6.07 Å². The molecule has 1 aliphatic heterocycles. The number of rotatable bonds is 6. The van der Waals surface area contributed by atoms with Crippen LogP contribution in [0.2, 0.25) is 0 Å². The van der Waals surface area contributed by atoms with Gasteiger partial charge in [0.2, 0.25) is 5.91 Å². The van der Waals surface area contributed by atoms with Crippen molar-refractivity contribution in [2.45, 2.75) is 45.6 Å². The third kappa shape index (κ3) is 4.33. The zero-order valence-electron chi connectivity index (χ0n) is 14.6. The van der Waals surface area contributed by atoms with Crippen LogP contribution in [-0.2, 0) is 4.79 Å². The van der Waals surface area contributed by atoms with Crippen LogP contribution in [-0.4, -0.2) is 35.4 Å². The smallest absolute Gasteiger partial charge is 0.234 e. The summed E-state index contributed by atoms with van der Waals surface area (Å²) in [4.78, 5) is 19.4. The number of hydrogen-bond acceptors (Lipinski definition) is 4. The van der Waals surface area contributed by atoms with E-state index in [-0.39, 0.29) is 11.9 Å². The molecule has 0 saturated carbocycles. The van der Waals surface area contributed by atoms with Gasteiger partial charge in [0, 0.05) is 6.54 Å². The van der Waals surface area contributed by atoms with Gasteiger partial charge in [0.25, 0.3) is 0 Å². The molecule has 5 heteroatoms. The summed E-state index contributed by atoms with van der Waals surface area (Å²) in [5, 5.41) is 4.22. The minimum Gasteiger partial charge on any atom is -0.355 e. The van der Waals surface area contributed by atoms with Crippen LogP contribution in [0.3, 0.4) is 0 Å². The SMILES string of the molecule is CC(C)CCNC(=O)CN1CCCC[C@H]1c1nc2ccccc2s1. The first kappa shape index (κ1) is 17.4. The second-order valence-electron chi connectivity index (χ2n) is 7.03. The molecule has 24 heavy (non-hydrogen) atoms. The average Bonchev–Trinajstić information content (AvgIpc) is 2.98. The van der Waals surface area contributed by atoms with Crippen molar-refractivity contribution in [3.63, 3.8) is 0 Å². The van der Waals surface area contributed by atoms with Gasteiger partial charge in [-0.2, -0.15) is 0 Å². The first-order valence-corrected chi connectivity index (χ1v) is 9.81. The highest BCUT2D eigenvalue weighted by atomic mass is 32.1. The summed E-state index contributed by atoms with van der Waals surface area (Å²) in [7, 11) is 0. The lowest BCUT2D eigenvalue weighted by Gasteiger charge is -2.33. The maximum atomic E-state index is 12.3. The van der Waals surface area contributed by atoms with Crippen LogP contribution in [0.15, 0.2) is 24.3 Å². The number of para-hydroxylation sites is 1. The van der Waals surface area contributed by atoms with Crippen LogP contribution in [0.25, 0.3) is 10.2 Å². The average molecular weight is 346 g/mol. The number of nitrogens with one attached hydrogen (secondary N) is 1. The lowest BCUT2D eigenvalue weighted by atomic mass is 10.0. The van der Waals surface area contributed by atoms with Crippen molar-refractivity contribution < 1.29 is 4.79 Å². The van der Waals surface area contributed by atoms with Crippen LogP contribution in [0, 0.1) is 5.92 Å². The molecule has 1 aromatic carbocycles. The summed E-state index contributed by atoms with van der Waals surface area (Å²) < 4.78 is 1.24. The van der Waals surface area contributed by atoms with Crippen molar-refractivity contribution in [1.82, 2.24) is 15.2 Å². The molecule has 0 aliphatic carbocycles. The summed E-state index contributed by atoms with van der Waals surface area (Å²) in [6.45, 7) is 6.60. The predicted molar refractivity (Wildman–Crippen MR) is 100 cm³/mol. The molecule has 1 aromatic heterocycles. The highest BCUT2D eigenvalue weighted by Gasteiger charge is 2.28. The van der Waals surface area contributed by atoms with Crippen LogP contribution < -0.4 is 5.32 Å². The second kappa shape index (κ2) is 8.08. The molecule has 1 saturated heterocycles. The van der Waals surface area contributed by atoms with Gasteiger partial charge < -0.3 is 5.32 Å². The van der Waals surface area contributed by atoms with Gasteiger partial charge in [0.1, 0.15) is 5.01 Å². The molecule has 1 atom stereocenters. The normalized spacial score (nSPS) is 19.0. The number of hydrogen-bond donors (Lipinski definition) is 1. The summed E-state index contributed by atoms with van der Waals surface area (Å²) in [5.74, 6) is 0.763. The van der Waals surface area contributed by atoms with E-state index in [9.17, 15) is 4.79 Å². The molecule has 1 amide bonds. The van der Waals surface area contributed by atoms with Crippen molar-refractivity contribution >= 4 is 27.5 Å². The van der Waals surface area contributed by atoms with Crippen molar-refractivity contribution in [3.8, 4) is 0 Å². The molecule has 2 aromatic rings. The molecule has 0 radical (unpaired) electrons. The first-order chi connectivity index (χ1) is 11.6. The quantitative estimate of drug-likeness (QED) is 0.861. The Morgan fingerprint density at radius 3 is 3.00 bits per heavy atom. The molecule has 130 valence electrons. The monoisotopic (exact) mass is 345 g/mol. The van der Waals surface area contributed by atoms with E-state index in [2.05, 4.69) is 42.3 Å². The zero-order valence-corrected chi connectivity index (χ0v) is 15.4. The topological polar surface area (TPSA) is 45.2 Å². The molecule has 4 nitrogen and oxygen atoms in total.